The van der Waals surface area contributed by atoms with Gasteiger partial charge in [-0.3, -0.25) is 14.3 Å². The third kappa shape index (κ3) is 5.10. The van der Waals surface area contributed by atoms with Gasteiger partial charge in [-0.15, -0.1) is 10.2 Å². The first kappa shape index (κ1) is 25.0. The van der Waals surface area contributed by atoms with E-state index in [0.29, 0.717) is 28.6 Å². The summed E-state index contributed by atoms with van der Waals surface area (Å²) >= 11 is 0. The monoisotopic (exact) mass is 513 g/mol. The predicted octanol–water partition coefficient (Wildman–Crippen LogP) is 2.96. The Kier molecular flexibility index (Phi) is 7.10. The second-order valence-corrected chi connectivity index (χ2v) is 10.0. The second kappa shape index (κ2) is 10.2. The van der Waals surface area contributed by atoms with E-state index in [1.165, 1.54) is 25.7 Å². The average Bonchev–Trinajstić information content (AvgIpc) is 3.27. The van der Waals surface area contributed by atoms with Gasteiger partial charge < -0.3 is 9.47 Å². The van der Waals surface area contributed by atoms with Crippen LogP contribution in [0.25, 0.3) is 17.1 Å². The number of para-hydroxylation sites is 1. The number of pyridine rings is 1. The summed E-state index contributed by atoms with van der Waals surface area (Å²) in [4.78, 5) is 11.9. The lowest BCUT2D eigenvalue weighted by atomic mass is 10.2. The summed E-state index contributed by atoms with van der Waals surface area (Å²) in [6.07, 6.45) is 5.22. The standard InChI is InChI=1S/C23H24FN7O4S/c1-14-8-16(11-25-10-14)22-28-29-23(31(22)21-18(34-3)6-5-7-19(21)35-4)30-36(32,33)15(2)9-20-26-12-17(24)13-27-20/h5-8,10-13,15H,9H2,1-4H3,(H,29,30)/t15-/m1/s1. The van der Waals surface area contributed by atoms with Gasteiger partial charge in [-0.2, -0.15) is 0 Å². The second-order valence-electron chi connectivity index (χ2n) is 7.92. The molecular weight excluding hydrogens is 489 g/mol. The van der Waals surface area contributed by atoms with Crippen LogP contribution in [-0.2, 0) is 16.4 Å². The molecule has 0 unspecified atom stereocenters. The minimum absolute atomic E-state index is 0.0453. The first-order valence-electron chi connectivity index (χ1n) is 10.8. The fourth-order valence-corrected chi connectivity index (χ4v) is 4.47. The van der Waals surface area contributed by atoms with E-state index in [9.17, 15) is 12.8 Å². The molecule has 0 radical (unpaired) electrons. The molecule has 0 aliphatic rings. The van der Waals surface area contributed by atoms with Crippen molar-refractivity contribution < 1.29 is 22.3 Å². The molecule has 1 aromatic carbocycles. The van der Waals surface area contributed by atoms with Gasteiger partial charge in [-0.25, -0.2) is 22.8 Å². The number of anilines is 1. The lowest BCUT2D eigenvalue weighted by Gasteiger charge is -2.19. The van der Waals surface area contributed by atoms with E-state index in [0.717, 1.165) is 18.0 Å². The van der Waals surface area contributed by atoms with Crippen molar-refractivity contribution in [2.75, 3.05) is 18.9 Å². The third-order valence-electron chi connectivity index (χ3n) is 5.33. The first-order valence-corrected chi connectivity index (χ1v) is 12.3. The van der Waals surface area contributed by atoms with E-state index in [2.05, 4.69) is 29.9 Å². The fraction of sp³-hybridized carbons (Fsp3) is 0.261. The largest absolute Gasteiger partial charge is 0.494 e. The quantitative estimate of drug-likeness (QED) is 0.358. The van der Waals surface area contributed by atoms with E-state index in [1.807, 2.05) is 13.0 Å². The molecule has 0 spiro atoms. The highest BCUT2D eigenvalue weighted by Gasteiger charge is 2.28. The molecule has 36 heavy (non-hydrogen) atoms. The van der Waals surface area contributed by atoms with Gasteiger partial charge in [0.2, 0.25) is 16.0 Å². The Bertz CT molecular complexity index is 1450. The van der Waals surface area contributed by atoms with Gasteiger partial charge >= 0.3 is 0 Å². The summed E-state index contributed by atoms with van der Waals surface area (Å²) in [5.74, 6) is 0.633. The van der Waals surface area contributed by atoms with E-state index in [4.69, 9.17) is 9.47 Å². The van der Waals surface area contributed by atoms with Crippen LogP contribution in [-0.4, -0.2) is 57.6 Å². The van der Waals surface area contributed by atoms with E-state index >= 15 is 0 Å². The van der Waals surface area contributed by atoms with Crippen molar-refractivity contribution in [3.8, 4) is 28.6 Å². The molecule has 0 amide bonds. The van der Waals surface area contributed by atoms with Crippen LogP contribution in [0.15, 0.2) is 49.1 Å². The fourth-order valence-electron chi connectivity index (χ4n) is 3.52. The number of hydrogen-bond donors (Lipinski definition) is 1. The highest BCUT2D eigenvalue weighted by atomic mass is 32.2. The van der Waals surface area contributed by atoms with Gasteiger partial charge in [0, 0.05) is 24.4 Å². The lowest BCUT2D eigenvalue weighted by Crippen LogP contribution is -2.29. The van der Waals surface area contributed by atoms with Gasteiger partial charge in [0.25, 0.3) is 0 Å². The maximum atomic E-state index is 13.3. The normalized spacial score (nSPS) is 12.2. The summed E-state index contributed by atoms with van der Waals surface area (Å²) in [6, 6.07) is 7.02. The molecule has 0 bridgehead atoms. The van der Waals surface area contributed by atoms with Crippen LogP contribution < -0.4 is 14.2 Å². The van der Waals surface area contributed by atoms with Crippen LogP contribution >= 0.6 is 0 Å². The van der Waals surface area contributed by atoms with Crippen molar-refractivity contribution in [1.29, 1.82) is 0 Å². The molecule has 0 aliphatic heterocycles. The zero-order valence-electron chi connectivity index (χ0n) is 20.0. The smallest absolute Gasteiger partial charge is 0.243 e. The molecule has 0 saturated carbocycles. The van der Waals surface area contributed by atoms with Crippen molar-refractivity contribution in [1.82, 2.24) is 29.7 Å². The summed E-state index contributed by atoms with van der Waals surface area (Å²) < 4.78 is 54.8. The Balaban J connectivity index is 1.81. The Morgan fingerprint density at radius 1 is 1.06 bits per heavy atom. The number of aromatic nitrogens is 6. The molecule has 0 aliphatic carbocycles. The molecule has 0 fully saturated rings. The molecule has 4 rings (SSSR count). The maximum Gasteiger partial charge on any atom is 0.243 e. The maximum absolute atomic E-state index is 13.3. The Morgan fingerprint density at radius 3 is 2.33 bits per heavy atom. The van der Waals surface area contributed by atoms with Gasteiger partial charge in [-0.05, 0) is 37.6 Å². The van der Waals surface area contributed by atoms with Crippen LogP contribution in [0.2, 0.25) is 0 Å². The Labute approximate surface area is 207 Å². The van der Waals surface area contributed by atoms with Crippen molar-refractivity contribution >= 4 is 16.0 Å². The van der Waals surface area contributed by atoms with Gasteiger partial charge in [0.1, 0.15) is 23.0 Å². The molecule has 11 nitrogen and oxygen atoms in total. The molecule has 13 heteroatoms. The number of rotatable bonds is 9. The van der Waals surface area contributed by atoms with E-state index in [1.54, 1.807) is 30.6 Å². The first-order chi connectivity index (χ1) is 17.2. The zero-order valence-corrected chi connectivity index (χ0v) is 20.8. The van der Waals surface area contributed by atoms with Crippen molar-refractivity contribution in [3.05, 3.63) is 66.3 Å². The number of benzene rings is 1. The number of hydrogen-bond acceptors (Lipinski definition) is 9. The molecule has 1 atom stereocenters. The van der Waals surface area contributed by atoms with Crippen molar-refractivity contribution in [3.63, 3.8) is 0 Å². The van der Waals surface area contributed by atoms with E-state index in [-0.39, 0.29) is 18.2 Å². The topological polar surface area (TPSA) is 134 Å². The summed E-state index contributed by atoms with van der Waals surface area (Å²) in [5, 5.41) is 7.42. The molecular formula is C23H24FN7O4S. The molecule has 4 aromatic rings. The minimum atomic E-state index is -4.01. The molecule has 1 N–H and O–H groups in total. The van der Waals surface area contributed by atoms with Gasteiger partial charge in [0.15, 0.2) is 11.6 Å². The molecule has 3 heterocycles. The SMILES string of the molecule is COc1cccc(OC)c1-n1c(NS(=O)(=O)[C@H](C)Cc2ncc(F)cn2)nnc1-c1cncc(C)c1. The molecule has 3 aromatic heterocycles. The predicted molar refractivity (Wildman–Crippen MR) is 130 cm³/mol. The number of ether oxygens (including phenoxy) is 2. The highest BCUT2D eigenvalue weighted by Crippen LogP contribution is 2.37. The highest BCUT2D eigenvalue weighted by molar-refractivity contribution is 7.93. The van der Waals surface area contributed by atoms with Crippen LogP contribution in [0.1, 0.15) is 18.3 Å². The van der Waals surface area contributed by atoms with Crippen molar-refractivity contribution in [2.45, 2.75) is 25.5 Å². The number of nitrogens with one attached hydrogen (secondary N) is 1. The summed E-state index contributed by atoms with van der Waals surface area (Å²) in [7, 11) is -1.03. The third-order valence-corrected chi connectivity index (χ3v) is 7.02. The van der Waals surface area contributed by atoms with Crippen LogP contribution in [0, 0.1) is 12.7 Å². The summed E-state index contributed by atoms with van der Waals surface area (Å²) in [5.41, 5.74) is 1.88. The van der Waals surface area contributed by atoms with E-state index < -0.39 is 21.1 Å². The lowest BCUT2D eigenvalue weighted by molar-refractivity contribution is 0.391. The zero-order chi connectivity index (χ0) is 25.9. The van der Waals surface area contributed by atoms with Crippen LogP contribution in [0.3, 0.4) is 0 Å². The van der Waals surface area contributed by atoms with Crippen LogP contribution in [0.5, 0.6) is 11.5 Å². The average molecular weight is 514 g/mol. The number of sulfonamides is 1. The number of aryl methyl sites for hydroxylation is 1. The minimum Gasteiger partial charge on any atom is -0.494 e. The Morgan fingerprint density at radius 2 is 1.72 bits per heavy atom. The molecule has 188 valence electrons. The van der Waals surface area contributed by atoms with Gasteiger partial charge in [0.05, 0.1) is 31.9 Å². The number of methoxy groups -OCH3 is 2. The number of nitrogens with zero attached hydrogens (tertiary/aromatic N) is 6. The Hall–Kier alpha value is -4.13. The summed E-state index contributed by atoms with van der Waals surface area (Å²) in [6.45, 7) is 3.37. The van der Waals surface area contributed by atoms with Gasteiger partial charge in [-0.1, -0.05) is 6.07 Å². The van der Waals surface area contributed by atoms with Crippen LogP contribution in [0.4, 0.5) is 10.3 Å². The number of halogens is 1. The molecule has 0 saturated heterocycles. The van der Waals surface area contributed by atoms with Crippen molar-refractivity contribution in [2.24, 2.45) is 0 Å².